The Morgan fingerprint density at radius 3 is 2.33 bits per heavy atom. The number of hydrogen-bond donors (Lipinski definition) is 3. The average molecular weight is 434 g/mol. The lowest BCUT2D eigenvalue weighted by molar-refractivity contribution is 0.575. The highest BCUT2D eigenvalue weighted by atomic mass is 32.2. The predicted molar refractivity (Wildman–Crippen MR) is 110 cm³/mol. The van der Waals surface area contributed by atoms with Crippen LogP contribution in [0.15, 0.2) is 48.9 Å². The average Bonchev–Trinajstić information content (AvgIpc) is 2.64. The van der Waals surface area contributed by atoms with Crippen molar-refractivity contribution in [3.63, 3.8) is 0 Å². The van der Waals surface area contributed by atoms with Crippen molar-refractivity contribution in [2.24, 2.45) is 0 Å². The predicted octanol–water partition coefficient (Wildman–Crippen LogP) is 2.73. The van der Waals surface area contributed by atoms with Crippen molar-refractivity contribution in [1.29, 1.82) is 0 Å². The molecule has 0 atom stereocenters. The number of anilines is 3. The van der Waals surface area contributed by atoms with Gasteiger partial charge in [-0.15, -0.1) is 0 Å². The largest absolute Gasteiger partial charge is 0.369 e. The van der Waals surface area contributed by atoms with Crippen molar-refractivity contribution in [3.05, 3.63) is 71.7 Å². The van der Waals surface area contributed by atoms with E-state index in [1.165, 1.54) is 6.33 Å². The van der Waals surface area contributed by atoms with Gasteiger partial charge in [0.2, 0.25) is 10.0 Å². The molecule has 0 saturated heterocycles. The summed E-state index contributed by atoms with van der Waals surface area (Å²) in [5, 5.41) is 6.04. The van der Waals surface area contributed by atoms with E-state index >= 15 is 0 Å². The fraction of sp³-hybridized carbons (Fsp3) is 0.211. The Hall–Kier alpha value is -3.18. The SMILES string of the molecule is Cc1ccnc(Nc2cc(NCCNS(=O)(=O)Cc3cc(F)cc(F)c3)ncn2)c1. The highest BCUT2D eigenvalue weighted by molar-refractivity contribution is 7.88. The first-order chi connectivity index (χ1) is 14.3. The molecule has 3 N–H and O–H groups in total. The van der Waals surface area contributed by atoms with Crippen LogP contribution in [0.2, 0.25) is 0 Å². The van der Waals surface area contributed by atoms with Crippen molar-refractivity contribution in [2.75, 3.05) is 23.7 Å². The van der Waals surface area contributed by atoms with Crippen LogP contribution in [-0.2, 0) is 15.8 Å². The molecular formula is C19H20F2N6O2S. The third-order valence-corrected chi connectivity index (χ3v) is 5.23. The lowest BCUT2D eigenvalue weighted by Crippen LogP contribution is -2.30. The molecule has 0 aliphatic carbocycles. The van der Waals surface area contributed by atoms with Crippen molar-refractivity contribution >= 4 is 27.5 Å². The second-order valence-corrected chi connectivity index (χ2v) is 8.30. The van der Waals surface area contributed by atoms with Crippen LogP contribution in [0.1, 0.15) is 11.1 Å². The molecule has 0 amide bonds. The number of rotatable bonds is 9. The van der Waals surface area contributed by atoms with Crippen LogP contribution in [0, 0.1) is 18.6 Å². The van der Waals surface area contributed by atoms with Crippen LogP contribution >= 0.6 is 0 Å². The highest BCUT2D eigenvalue weighted by Crippen LogP contribution is 2.15. The molecule has 0 saturated carbocycles. The lowest BCUT2D eigenvalue weighted by Gasteiger charge is -2.10. The maximum Gasteiger partial charge on any atom is 0.215 e. The quantitative estimate of drug-likeness (QED) is 0.444. The summed E-state index contributed by atoms with van der Waals surface area (Å²) in [6.07, 6.45) is 3.05. The van der Waals surface area contributed by atoms with Gasteiger partial charge in [0, 0.05) is 31.4 Å². The molecule has 0 spiro atoms. The van der Waals surface area contributed by atoms with Crippen molar-refractivity contribution in [1.82, 2.24) is 19.7 Å². The van der Waals surface area contributed by atoms with E-state index in [1.54, 1.807) is 12.3 Å². The van der Waals surface area contributed by atoms with Crippen LogP contribution in [-0.4, -0.2) is 36.5 Å². The molecule has 30 heavy (non-hydrogen) atoms. The molecule has 0 fully saturated rings. The van der Waals surface area contributed by atoms with Gasteiger partial charge in [0.25, 0.3) is 0 Å². The number of pyridine rings is 1. The number of hydrogen-bond acceptors (Lipinski definition) is 7. The van der Waals surface area contributed by atoms with Gasteiger partial charge >= 0.3 is 0 Å². The van der Waals surface area contributed by atoms with E-state index in [-0.39, 0.29) is 18.7 Å². The van der Waals surface area contributed by atoms with Crippen molar-refractivity contribution in [2.45, 2.75) is 12.7 Å². The number of nitrogens with zero attached hydrogens (tertiary/aromatic N) is 3. The van der Waals surface area contributed by atoms with Crippen LogP contribution in [0.5, 0.6) is 0 Å². The number of sulfonamides is 1. The summed E-state index contributed by atoms with van der Waals surface area (Å²) < 4.78 is 53.0. The first-order valence-corrected chi connectivity index (χ1v) is 10.6. The van der Waals surface area contributed by atoms with Gasteiger partial charge in [-0.25, -0.2) is 36.9 Å². The smallest absolute Gasteiger partial charge is 0.215 e. The van der Waals surface area contributed by atoms with E-state index in [0.717, 1.165) is 17.7 Å². The van der Waals surface area contributed by atoms with Gasteiger partial charge in [-0.1, -0.05) is 0 Å². The van der Waals surface area contributed by atoms with E-state index in [2.05, 4.69) is 30.3 Å². The summed E-state index contributed by atoms with van der Waals surface area (Å²) in [4.78, 5) is 12.4. The fourth-order valence-corrected chi connectivity index (χ4v) is 3.74. The molecule has 11 heteroatoms. The Kier molecular flexibility index (Phi) is 6.85. The molecule has 2 aromatic heterocycles. The molecule has 3 rings (SSSR count). The van der Waals surface area contributed by atoms with Crippen molar-refractivity contribution < 1.29 is 17.2 Å². The van der Waals surface area contributed by atoms with Crippen LogP contribution in [0.4, 0.5) is 26.2 Å². The zero-order chi connectivity index (χ0) is 21.6. The Morgan fingerprint density at radius 2 is 1.60 bits per heavy atom. The first kappa shape index (κ1) is 21.5. The second kappa shape index (κ2) is 9.55. The van der Waals surface area contributed by atoms with E-state index in [1.807, 2.05) is 19.1 Å². The Labute approximate surface area is 172 Å². The lowest BCUT2D eigenvalue weighted by atomic mass is 10.2. The van der Waals surface area contributed by atoms with E-state index < -0.39 is 27.4 Å². The fourth-order valence-electron chi connectivity index (χ4n) is 2.62. The zero-order valence-corrected chi connectivity index (χ0v) is 16.9. The second-order valence-electron chi connectivity index (χ2n) is 6.49. The third kappa shape index (κ3) is 6.71. The number of nitrogens with one attached hydrogen (secondary N) is 3. The van der Waals surface area contributed by atoms with Crippen molar-refractivity contribution in [3.8, 4) is 0 Å². The molecule has 8 nitrogen and oxygen atoms in total. The molecule has 0 bridgehead atoms. The Morgan fingerprint density at radius 1 is 0.900 bits per heavy atom. The first-order valence-electron chi connectivity index (χ1n) is 8.97. The molecule has 0 aliphatic rings. The van der Waals surface area contributed by atoms with Gasteiger partial charge in [-0.2, -0.15) is 0 Å². The number of halogens is 2. The molecule has 0 unspecified atom stereocenters. The van der Waals surface area contributed by atoms with Crippen LogP contribution < -0.4 is 15.4 Å². The molecule has 0 aliphatic heterocycles. The Bertz CT molecular complexity index is 1110. The van der Waals surface area contributed by atoms with Gasteiger partial charge < -0.3 is 10.6 Å². The summed E-state index contributed by atoms with van der Waals surface area (Å²) in [5.41, 5.74) is 1.08. The highest BCUT2D eigenvalue weighted by Gasteiger charge is 2.12. The maximum absolute atomic E-state index is 13.2. The van der Waals surface area contributed by atoms with Crippen LogP contribution in [0.3, 0.4) is 0 Å². The normalized spacial score (nSPS) is 11.3. The number of benzene rings is 1. The summed E-state index contributed by atoms with van der Waals surface area (Å²) in [5.74, 6) is -0.508. The van der Waals surface area contributed by atoms with Crippen LogP contribution in [0.25, 0.3) is 0 Å². The van der Waals surface area contributed by atoms with E-state index in [4.69, 9.17) is 0 Å². The summed E-state index contributed by atoms with van der Waals surface area (Å²) in [7, 11) is -3.75. The van der Waals surface area contributed by atoms with Gasteiger partial charge in [-0.3, -0.25) is 0 Å². The molecule has 3 aromatic rings. The minimum Gasteiger partial charge on any atom is -0.369 e. The van der Waals surface area contributed by atoms with E-state index in [9.17, 15) is 17.2 Å². The zero-order valence-electron chi connectivity index (χ0n) is 16.1. The van der Waals surface area contributed by atoms with Gasteiger partial charge in [0.1, 0.15) is 35.4 Å². The van der Waals surface area contributed by atoms with Gasteiger partial charge in [0.05, 0.1) is 5.75 Å². The molecule has 0 radical (unpaired) electrons. The van der Waals surface area contributed by atoms with Gasteiger partial charge in [-0.05, 0) is 42.3 Å². The maximum atomic E-state index is 13.2. The molecular weight excluding hydrogens is 414 g/mol. The minimum absolute atomic E-state index is 0.0317. The third-order valence-electron chi connectivity index (χ3n) is 3.87. The summed E-state index contributed by atoms with van der Waals surface area (Å²) in [6, 6.07) is 8.07. The monoisotopic (exact) mass is 434 g/mol. The minimum atomic E-state index is -3.75. The number of aryl methyl sites for hydroxylation is 1. The standard InChI is InChI=1S/C19H20F2N6O2S/c1-13-2-3-22-18(6-13)27-19-10-17(24-12-25-19)23-4-5-26-30(28,29)11-14-7-15(20)9-16(21)8-14/h2-3,6-10,12,26H,4-5,11H2,1H3,(H2,22,23,24,25,27). The van der Waals surface area contributed by atoms with Gasteiger partial charge in [0.15, 0.2) is 0 Å². The number of aromatic nitrogens is 3. The topological polar surface area (TPSA) is 109 Å². The molecule has 1 aromatic carbocycles. The van der Waals surface area contributed by atoms with E-state index in [0.29, 0.717) is 23.5 Å². The molecule has 158 valence electrons. The Balaban J connectivity index is 1.50. The summed E-state index contributed by atoms with van der Waals surface area (Å²) >= 11 is 0. The molecule has 2 heterocycles. The summed E-state index contributed by atoms with van der Waals surface area (Å²) in [6.45, 7) is 2.26.